The van der Waals surface area contributed by atoms with Crippen molar-refractivity contribution >= 4 is 29.2 Å². The number of rotatable bonds is 3. The number of pyridine rings is 2. The van der Waals surface area contributed by atoms with Gasteiger partial charge in [-0.15, -0.1) is 0 Å². The van der Waals surface area contributed by atoms with Crippen LogP contribution >= 0.6 is 0 Å². The first-order valence-electron chi connectivity index (χ1n) is 10.2. The summed E-state index contributed by atoms with van der Waals surface area (Å²) in [5.41, 5.74) is 4.44. The molecule has 2 aromatic heterocycles. The molecule has 0 bridgehead atoms. The van der Waals surface area contributed by atoms with Gasteiger partial charge in [0.25, 0.3) is 0 Å². The van der Waals surface area contributed by atoms with E-state index in [1.54, 1.807) is 0 Å². The molecule has 0 saturated heterocycles. The van der Waals surface area contributed by atoms with Crippen molar-refractivity contribution in [3.63, 3.8) is 0 Å². The van der Waals surface area contributed by atoms with Crippen LogP contribution in [0.2, 0.25) is 13.1 Å². The van der Waals surface area contributed by atoms with Gasteiger partial charge in [-0.05, 0) is 30.0 Å². The maximum atomic E-state index is 8.83. The molecule has 0 amide bonds. The van der Waals surface area contributed by atoms with E-state index in [0.29, 0.717) is 6.04 Å². The van der Waals surface area contributed by atoms with Crippen LogP contribution in [0.15, 0.2) is 73.0 Å². The zero-order chi connectivity index (χ0) is 20.8. The van der Waals surface area contributed by atoms with E-state index in [0.717, 1.165) is 27.7 Å². The molecule has 4 aromatic rings. The van der Waals surface area contributed by atoms with Crippen LogP contribution in [-0.4, -0.2) is 13.1 Å². The van der Waals surface area contributed by atoms with Crippen LogP contribution < -0.4 is 14.9 Å². The van der Waals surface area contributed by atoms with Gasteiger partial charge in [-0.2, -0.15) is 4.57 Å². The summed E-state index contributed by atoms with van der Waals surface area (Å²) in [5, 5.41) is 4.92. The van der Waals surface area contributed by atoms with E-state index in [4.69, 9.17) is 1.37 Å². The largest absolute Gasteiger partial charge is 0.264 e. The number of aromatic nitrogens is 2. The Hall–Kier alpha value is -2.78. The van der Waals surface area contributed by atoms with Crippen molar-refractivity contribution in [2.45, 2.75) is 26.9 Å². The Bertz CT molecular complexity index is 1220. The third-order valence-electron chi connectivity index (χ3n) is 5.92. The first-order valence-corrected chi connectivity index (χ1v) is 12.7. The van der Waals surface area contributed by atoms with Crippen LogP contribution in [0.5, 0.6) is 0 Å². The molecule has 0 fully saturated rings. The molecule has 0 saturated carbocycles. The van der Waals surface area contributed by atoms with Gasteiger partial charge < -0.3 is 0 Å². The zero-order valence-electron chi connectivity index (χ0n) is 18.2. The molecule has 0 aliphatic carbocycles. The molecule has 0 atom stereocenters. The number of benzene rings is 2. The number of aryl methyl sites for hydroxylation is 1. The lowest BCUT2D eigenvalue weighted by atomic mass is 10.0. The van der Waals surface area contributed by atoms with Crippen LogP contribution in [0.3, 0.4) is 0 Å². The minimum Gasteiger partial charge on any atom is -0.264 e. The quantitative estimate of drug-likeness (QED) is 0.383. The lowest BCUT2D eigenvalue weighted by Crippen LogP contribution is -2.52. The van der Waals surface area contributed by atoms with Gasteiger partial charge >= 0.3 is 0 Å². The maximum absolute atomic E-state index is 8.83. The van der Waals surface area contributed by atoms with Crippen LogP contribution in [0, 0.1) is 13.8 Å². The Balaban J connectivity index is 2.01. The average molecular weight is 385 g/mol. The third-order valence-corrected chi connectivity index (χ3v) is 9.45. The Morgan fingerprint density at radius 2 is 1.71 bits per heavy atom. The van der Waals surface area contributed by atoms with Gasteiger partial charge in [0.15, 0.2) is 5.69 Å². The third kappa shape index (κ3) is 3.06. The lowest BCUT2D eigenvalue weighted by molar-refractivity contribution is -0.665. The Morgan fingerprint density at radius 3 is 2.43 bits per heavy atom. The van der Waals surface area contributed by atoms with E-state index >= 15 is 0 Å². The van der Waals surface area contributed by atoms with E-state index in [1.165, 1.54) is 15.9 Å². The molecule has 0 aliphatic heterocycles. The highest BCUT2D eigenvalue weighted by Gasteiger charge is 2.27. The van der Waals surface area contributed by atoms with E-state index < -0.39 is 8.07 Å². The summed E-state index contributed by atoms with van der Waals surface area (Å²) in [6, 6.07) is 20.2. The summed E-state index contributed by atoms with van der Waals surface area (Å²) >= 11 is 0. The smallest absolute Gasteiger partial charge is 0.220 e. The fourth-order valence-corrected chi connectivity index (χ4v) is 6.32. The molecule has 2 aromatic carbocycles. The summed E-state index contributed by atoms with van der Waals surface area (Å²) in [4.78, 5) is 4.26. The molecule has 4 rings (SSSR count). The number of hydrogen-bond donors (Lipinski definition) is 0. The molecule has 28 heavy (non-hydrogen) atoms. The summed E-state index contributed by atoms with van der Waals surface area (Å²) < 4.78 is 11.0. The molecular weight excluding hydrogens is 356 g/mol. The zero-order valence-corrected chi connectivity index (χ0v) is 18.2. The van der Waals surface area contributed by atoms with Crippen molar-refractivity contribution in [2.75, 3.05) is 0 Å². The topological polar surface area (TPSA) is 16.8 Å². The van der Waals surface area contributed by atoms with Crippen LogP contribution in [-0.2, 0) is 7.05 Å². The Kier molecular flexibility index (Phi) is 4.32. The fourth-order valence-electron chi connectivity index (χ4n) is 3.96. The van der Waals surface area contributed by atoms with Gasteiger partial charge in [-0.1, -0.05) is 65.9 Å². The highest BCUT2D eigenvalue weighted by molar-refractivity contribution is 7.00. The Labute approximate surface area is 169 Å². The molecule has 140 valence electrons. The summed E-state index contributed by atoms with van der Waals surface area (Å²) in [6.07, 6.45) is 3.75. The molecule has 0 aliphatic rings. The first-order chi connectivity index (χ1) is 13.8. The van der Waals surface area contributed by atoms with Gasteiger partial charge in [0.05, 0.1) is 12.3 Å². The second-order valence-electron chi connectivity index (χ2n) is 8.06. The molecule has 0 radical (unpaired) electrons. The molecular formula is C25H27N2Si+. The highest BCUT2D eigenvalue weighted by atomic mass is 28.3. The van der Waals surface area contributed by atoms with Gasteiger partial charge in [0.1, 0.15) is 15.1 Å². The van der Waals surface area contributed by atoms with Crippen LogP contribution in [0.1, 0.15) is 12.6 Å². The predicted octanol–water partition coefficient (Wildman–Crippen LogP) is 4.17. The summed E-state index contributed by atoms with van der Waals surface area (Å²) in [5.74, 6) is 0. The van der Waals surface area contributed by atoms with Gasteiger partial charge in [-0.25, -0.2) is 0 Å². The molecule has 2 heterocycles. The van der Waals surface area contributed by atoms with Crippen molar-refractivity contribution in [3.05, 3.63) is 84.3 Å². The number of fused-ring (bicyclic) bond motifs is 1. The second-order valence-corrected chi connectivity index (χ2v) is 12.5. The normalized spacial score (nSPS) is 12.2. The minimum atomic E-state index is -1.83. The van der Waals surface area contributed by atoms with Crippen molar-refractivity contribution in [1.29, 1.82) is 0 Å². The predicted molar refractivity (Wildman–Crippen MR) is 121 cm³/mol. The van der Waals surface area contributed by atoms with Crippen LogP contribution in [0.4, 0.5) is 0 Å². The molecule has 0 spiro atoms. The monoisotopic (exact) mass is 384 g/mol. The fraction of sp³-hybridized carbons (Fsp3) is 0.200. The molecule has 0 unspecified atom stereocenters. The van der Waals surface area contributed by atoms with E-state index in [1.807, 2.05) is 19.3 Å². The average Bonchev–Trinajstić information content (AvgIpc) is 2.74. The van der Waals surface area contributed by atoms with Gasteiger partial charge in [0, 0.05) is 25.4 Å². The van der Waals surface area contributed by atoms with Crippen LogP contribution in [0.25, 0.3) is 22.0 Å². The van der Waals surface area contributed by atoms with Gasteiger partial charge in [0.2, 0.25) is 5.69 Å². The minimum absolute atomic E-state index is 0.609. The summed E-state index contributed by atoms with van der Waals surface area (Å²) in [7, 11) is 0.220. The Morgan fingerprint density at radius 1 is 0.964 bits per heavy atom. The van der Waals surface area contributed by atoms with Crippen molar-refractivity contribution < 1.29 is 5.94 Å². The maximum Gasteiger partial charge on any atom is 0.220 e. The van der Waals surface area contributed by atoms with E-state index in [-0.39, 0.29) is 0 Å². The molecule has 2 nitrogen and oxygen atoms in total. The second kappa shape index (κ2) is 6.99. The van der Waals surface area contributed by atoms with Crippen molar-refractivity contribution in [3.8, 4) is 11.3 Å². The van der Waals surface area contributed by atoms with Gasteiger partial charge in [-0.3, -0.25) is 4.98 Å². The summed E-state index contributed by atoms with van der Waals surface area (Å²) in [6.45, 7) is 8.90. The van der Waals surface area contributed by atoms with Crippen molar-refractivity contribution in [1.82, 2.24) is 4.98 Å². The van der Waals surface area contributed by atoms with E-state index in [2.05, 4.69) is 91.2 Å². The molecule has 0 N–H and O–H groups in total. The molecule has 3 heteroatoms. The highest BCUT2D eigenvalue weighted by Crippen LogP contribution is 2.28. The SMILES string of the molecule is [2H]c1c(C)[n+](C)c(-c2ccncc2C)c2ccc([Si](C)(C)c3ccccc3)cc12. The first kappa shape index (κ1) is 17.3. The van der Waals surface area contributed by atoms with E-state index in [9.17, 15) is 0 Å². The number of nitrogens with zero attached hydrogens (tertiary/aromatic N) is 2. The number of hydrogen-bond acceptors (Lipinski definition) is 1. The standard InChI is InChI=1S/C25H27N2Si/c1-18-17-26-14-13-23(18)25-24-12-11-22(16-20(24)15-19(2)27(25)3)28(4,5)21-9-7-6-8-10-21/h6-17H,1-5H3/q+1/i15D. The lowest BCUT2D eigenvalue weighted by Gasteiger charge is -2.24. The van der Waals surface area contributed by atoms with Crippen molar-refractivity contribution in [2.24, 2.45) is 7.05 Å².